The van der Waals surface area contributed by atoms with Gasteiger partial charge in [0.1, 0.15) is 0 Å². The van der Waals surface area contributed by atoms with E-state index in [1.807, 2.05) is 56.3 Å². The summed E-state index contributed by atoms with van der Waals surface area (Å²) in [7, 11) is 0. The first kappa shape index (κ1) is 14.6. The van der Waals surface area contributed by atoms with E-state index < -0.39 is 0 Å². The SMILES string of the molecule is CCNc1ccc(C)cc1C(=O)Nc1cccc(Br)c1. The van der Waals surface area contributed by atoms with Crippen molar-refractivity contribution in [3.63, 3.8) is 0 Å². The van der Waals surface area contributed by atoms with Gasteiger partial charge >= 0.3 is 0 Å². The summed E-state index contributed by atoms with van der Waals surface area (Å²) < 4.78 is 0.937. The molecule has 4 heteroatoms. The summed E-state index contributed by atoms with van der Waals surface area (Å²) in [6.07, 6.45) is 0. The molecule has 0 atom stereocenters. The average molecular weight is 333 g/mol. The third-order valence-electron chi connectivity index (χ3n) is 2.87. The number of benzene rings is 2. The molecule has 2 rings (SSSR count). The highest BCUT2D eigenvalue weighted by molar-refractivity contribution is 9.10. The number of anilines is 2. The van der Waals surface area contributed by atoms with Crippen LogP contribution < -0.4 is 10.6 Å². The van der Waals surface area contributed by atoms with Crippen LogP contribution in [0.15, 0.2) is 46.9 Å². The number of aryl methyl sites for hydroxylation is 1. The van der Waals surface area contributed by atoms with E-state index in [1.54, 1.807) is 0 Å². The average Bonchev–Trinajstić information content (AvgIpc) is 2.41. The van der Waals surface area contributed by atoms with Crippen LogP contribution in [-0.2, 0) is 0 Å². The van der Waals surface area contributed by atoms with Crippen LogP contribution in [0.3, 0.4) is 0 Å². The van der Waals surface area contributed by atoms with E-state index in [-0.39, 0.29) is 5.91 Å². The molecule has 0 aliphatic carbocycles. The minimum Gasteiger partial charge on any atom is -0.385 e. The van der Waals surface area contributed by atoms with Crippen molar-refractivity contribution < 1.29 is 4.79 Å². The number of rotatable bonds is 4. The summed E-state index contributed by atoms with van der Waals surface area (Å²) in [5.74, 6) is -0.109. The van der Waals surface area contributed by atoms with Crippen LogP contribution in [0.2, 0.25) is 0 Å². The number of hydrogen-bond acceptors (Lipinski definition) is 2. The minimum absolute atomic E-state index is 0.109. The number of halogens is 1. The fraction of sp³-hybridized carbons (Fsp3) is 0.188. The van der Waals surface area contributed by atoms with E-state index in [0.29, 0.717) is 5.56 Å². The van der Waals surface area contributed by atoms with Gasteiger partial charge in [0, 0.05) is 22.4 Å². The van der Waals surface area contributed by atoms with Gasteiger partial charge < -0.3 is 10.6 Å². The number of carbonyl (C=O) groups is 1. The predicted octanol–water partition coefficient (Wildman–Crippen LogP) is 4.44. The summed E-state index contributed by atoms with van der Waals surface area (Å²) in [5.41, 5.74) is 3.34. The van der Waals surface area contributed by atoms with Crippen LogP contribution >= 0.6 is 15.9 Å². The Morgan fingerprint density at radius 2 is 2.00 bits per heavy atom. The lowest BCUT2D eigenvalue weighted by atomic mass is 10.1. The lowest BCUT2D eigenvalue weighted by Crippen LogP contribution is -2.15. The highest BCUT2D eigenvalue weighted by Gasteiger charge is 2.11. The van der Waals surface area contributed by atoms with Gasteiger partial charge in [-0.15, -0.1) is 0 Å². The highest BCUT2D eigenvalue weighted by Crippen LogP contribution is 2.21. The van der Waals surface area contributed by atoms with Crippen LogP contribution in [-0.4, -0.2) is 12.5 Å². The van der Waals surface area contributed by atoms with E-state index >= 15 is 0 Å². The largest absolute Gasteiger partial charge is 0.385 e. The van der Waals surface area contributed by atoms with Gasteiger partial charge in [0.05, 0.1) is 5.56 Å². The van der Waals surface area contributed by atoms with E-state index in [4.69, 9.17) is 0 Å². The van der Waals surface area contributed by atoms with Crippen molar-refractivity contribution in [2.45, 2.75) is 13.8 Å². The quantitative estimate of drug-likeness (QED) is 0.868. The molecule has 3 nitrogen and oxygen atoms in total. The predicted molar refractivity (Wildman–Crippen MR) is 87.4 cm³/mol. The lowest BCUT2D eigenvalue weighted by molar-refractivity contribution is 0.102. The zero-order valence-corrected chi connectivity index (χ0v) is 13.1. The van der Waals surface area contributed by atoms with Crippen LogP contribution in [0.4, 0.5) is 11.4 Å². The Labute approximate surface area is 127 Å². The molecule has 20 heavy (non-hydrogen) atoms. The molecule has 0 heterocycles. The van der Waals surface area contributed by atoms with Crippen LogP contribution in [0, 0.1) is 6.92 Å². The zero-order valence-electron chi connectivity index (χ0n) is 11.5. The maximum atomic E-state index is 12.4. The van der Waals surface area contributed by atoms with E-state index in [9.17, 15) is 4.79 Å². The summed E-state index contributed by atoms with van der Waals surface area (Å²) in [4.78, 5) is 12.4. The standard InChI is InChI=1S/C16H17BrN2O/c1-3-18-15-8-7-11(2)9-14(15)16(20)19-13-6-4-5-12(17)10-13/h4-10,18H,3H2,1-2H3,(H,19,20). The first-order valence-electron chi connectivity index (χ1n) is 6.51. The van der Waals surface area contributed by atoms with Crippen LogP contribution in [0.1, 0.15) is 22.8 Å². The van der Waals surface area contributed by atoms with Crippen LogP contribution in [0.5, 0.6) is 0 Å². The van der Waals surface area contributed by atoms with Crippen molar-refractivity contribution in [3.8, 4) is 0 Å². The Morgan fingerprint density at radius 3 is 2.70 bits per heavy atom. The number of hydrogen-bond donors (Lipinski definition) is 2. The molecule has 2 aromatic carbocycles. The summed E-state index contributed by atoms with van der Waals surface area (Å²) in [6.45, 7) is 4.77. The number of nitrogens with one attached hydrogen (secondary N) is 2. The fourth-order valence-electron chi connectivity index (χ4n) is 1.96. The molecule has 0 radical (unpaired) electrons. The molecule has 0 aliphatic heterocycles. The highest BCUT2D eigenvalue weighted by atomic mass is 79.9. The molecule has 0 fully saturated rings. The maximum absolute atomic E-state index is 12.4. The van der Waals surface area contributed by atoms with Crippen molar-refractivity contribution in [3.05, 3.63) is 58.1 Å². The molecule has 0 unspecified atom stereocenters. The maximum Gasteiger partial charge on any atom is 0.257 e. The molecule has 2 aromatic rings. The van der Waals surface area contributed by atoms with Gasteiger partial charge in [-0.05, 0) is 44.2 Å². The second kappa shape index (κ2) is 6.57. The Balaban J connectivity index is 2.26. The molecule has 104 valence electrons. The summed E-state index contributed by atoms with van der Waals surface area (Å²) >= 11 is 3.40. The van der Waals surface area contributed by atoms with Gasteiger partial charge in [-0.2, -0.15) is 0 Å². The number of carbonyl (C=O) groups excluding carboxylic acids is 1. The third kappa shape index (κ3) is 3.61. The van der Waals surface area contributed by atoms with Crippen molar-refractivity contribution in [1.29, 1.82) is 0 Å². The van der Waals surface area contributed by atoms with Crippen molar-refractivity contribution in [1.82, 2.24) is 0 Å². The molecule has 1 amide bonds. The number of amides is 1. The van der Waals surface area contributed by atoms with E-state index in [2.05, 4.69) is 26.6 Å². The second-order valence-electron chi connectivity index (χ2n) is 4.54. The summed E-state index contributed by atoms with van der Waals surface area (Å²) in [5, 5.41) is 6.13. The van der Waals surface area contributed by atoms with Gasteiger partial charge in [-0.25, -0.2) is 0 Å². The topological polar surface area (TPSA) is 41.1 Å². The van der Waals surface area contributed by atoms with E-state index in [1.165, 1.54) is 0 Å². The van der Waals surface area contributed by atoms with Gasteiger partial charge in [0.2, 0.25) is 0 Å². The van der Waals surface area contributed by atoms with Gasteiger partial charge in [0.25, 0.3) is 5.91 Å². The van der Waals surface area contributed by atoms with Gasteiger partial charge in [0.15, 0.2) is 0 Å². The van der Waals surface area contributed by atoms with Gasteiger partial charge in [-0.3, -0.25) is 4.79 Å². The molecule has 2 N–H and O–H groups in total. The zero-order chi connectivity index (χ0) is 14.5. The lowest BCUT2D eigenvalue weighted by Gasteiger charge is -2.12. The monoisotopic (exact) mass is 332 g/mol. The fourth-order valence-corrected chi connectivity index (χ4v) is 2.35. The Hall–Kier alpha value is -1.81. The Bertz CT molecular complexity index is 626. The second-order valence-corrected chi connectivity index (χ2v) is 5.46. The first-order chi connectivity index (χ1) is 9.60. The molecule has 0 saturated carbocycles. The molecule has 0 bridgehead atoms. The molecule has 0 aliphatic rings. The van der Waals surface area contributed by atoms with Gasteiger partial charge in [-0.1, -0.05) is 33.6 Å². The molecule has 0 saturated heterocycles. The molecular weight excluding hydrogens is 316 g/mol. The summed E-state index contributed by atoms with van der Waals surface area (Å²) in [6, 6.07) is 13.4. The first-order valence-corrected chi connectivity index (χ1v) is 7.31. The third-order valence-corrected chi connectivity index (χ3v) is 3.36. The molecule has 0 spiro atoms. The van der Waals surface area contributed by atoms with Crippen molar-refractivity contribution >= 4 is 33.2 Å². The van der Waals surface area contributed by atoms with E-state index in [0.717, 1.165) is 28.0 Å². The Morgan fingerprint density at radius 1 is 1.20 bits per heavy atom. The molecular formula is C16H17BrN2O. The normalized spacial score (nSPS) is 10.2. The smallest absolute Gasteiger partial charge is 0.257 e. The molecule has 0 aromatic heterocycles. The van der Waals surface area contributed by atoms with Crippen molar-refractivity contribution in [2.75, 3.05) is 17.2 Å². The minimum atomic E-state index is -0.109. The van der Waals surface area contributed by atoms with Crippen molar-refractivity contribution in [2.24, 2.45) is 0 Å². The Kier molecular flexibility index (Phi) is 4.79. The van der Waals surface area contributed by atoms with Crippen LogP contribution in [0.25, 0.3) is 0 Å².